The number of nitrogens with one attached hydrogen (secondary N) is 2. The maximum Gasteiger partial charge on any atom is 0.273 e. The molecule has 0 saturated carbocycles. The van der Waals surface area contributed by atoms with Gasteiger partial charge < -0.3 is 15.7 Å². The van der Waals surface area contributed by atoms with Gasteiger partial charge in [0.25, 0.3) is 5.91 Å². The van der Waals surface area contributed by atoms with Crippen LogP contribution < -0.4 is 10.6 Å². The predicted molar refractivity (Wildman–Crippen MR) is 121 cm³/mol. The number of thioether (sulfide) groups is 1. The molecule has 1 atom stereocenters. The lowest BCUT2D eigenvalue weighted by Crippen LogP contribution is -2.54. The van der Waals surface area contributed by atoms with E-state index in [-0.39, 0.29) is 25.0 Å². The van der Waals surface area contributed by atoms with Crippen LogP contribution in [0.3, 0.4) is 0 Å². The van der Waals surface area contributed by atoms with Crippen molar-refractivity contribution in [3.8, 4) is 0 Å². The van der Waals surface area contributed by atoms with Gasteiger partial charge >= 0.3 is 0 Å². The van der Waals surface area contributed by atoms with Gasteiger partial charge in [0.2, 0.25) is 5.91 Å². The highest BCUT2D eigenvalue weighted by Crippen LogP contribution is 2.27. The summed E-state index contributed by atoms with van der Waals surface area (Å²) >= 11 is 1.99. The number of aliphatic hydroxyl groups is 1. The van der Waals surface area contributed by atoms with Crippen LogP contribution in [0, 0.1) is 11.3 Å². The molecule has 0 aliphatic carbocycles. The lowest BCUT2D eigenvalue weighted by molar-refractivity contribution is -0.125. The van der Waals surface area contributed by atoms with Gasteiger partial charge in [-0.15, -0.1) is 0 Å². The molecule has 7 nitrogen and oxygen atoms in total. The van der Waals surface area contributed by atoms with Crippen LogP contribution in [0.25, 0.3) is 10.9 Å². The summed E-state index contributed by atoms with van der Waals surface area (Å²) < 4.78 is 1.95. The van der Waals surface area contributed by atoms with Crippen molar-refractivity contribution >= 4 is 34.5 Å². The zero-order valence-corrected chi connectivity index (χ0v) is 18.8. The Kier molecular flexibility index (Phi) is 7.41. The number of para-hydroxylation sites is 1. The molecule has 1 fully saturated rings. The van der Waals surface area contributed by atoms with E-state index in [4.69, 9.17) is 5.11 Å². The Hall–Kier alpha value is -2.06. The van der Waals surface area contributed by atoms with Crippen LogP contribution in [-0.2, 0) is 11.3 Å². The van der Waals surface area contributed by atoms with Crippen molar-refractivity contribution in [3.05, 3.63) is 30.0 Å². The first kappa shape index (κ1) is 22.6. The third-order valence-electron chi connectivity index (χ3n) is 5.46. The molecule has 0 spiro atoms. The average Bonchev–Trinajstić information content (AvgIpc) is 3.08. The highest BCUT2D eigenvalue weighted by Gasteiger charge is 2.34. The maximum atomic E-state index is 13.2. The van der Waals surface area contributed by atoms with E-state index in [0.717, 1.165) is 30.3 Å². The van der Waals surface area contributed by atoms with E-state index in [1.165, 1.54) is 11.5 Å². The molecule has 1 aromatic carbocycles. The summed E-state index contributed by atoms with van der Waals surface area (Å²) in [7, 11) is 0. The summed E-state index contributed by atoms with van der Waals surface area (Å²) in [6, 6.07) is 7.02. The Bertz CT molecular complexity index is 884. The van der Waals surface area contributed by atoms with E-state index in [2.05, 4.69) is 15.7 Å². The highest BCUT2D eigenvalue weighted by atomic mass is 32.2. The normalized spacial score (nSPS) is 16.4. The second kappa shape index (κ2) is 9.83. The number of fused-ring (bicyclic) bond motifs is 1. The molecule has 8 heteroatoms. The van der Waals surface area contributed by atoms with Gasteiger partial charge in [0.05, 0.1) is 12.1 Å². The van der Waals surface area contributed by atoms with E-state index < -0.39 is 11.5 Å². The molecule has 0 bridgehead atoms. The van der Waals surface area contributed by atoms with E-state index in [0.29, 0.717) is 11.6 Å². The van der Waals surface area contributed by atoms with Crippen LogP contribution in [0.15, 0.2) is 24.3 Å². The fraction of sp³-hybridized carbons (Fsp3) is 0.591. The summed E-state index contributed by atoms with van der Waals surface area (Å²) in [5.41, 5.74) is 0.797. The van der Waals surface area contributed by atoms with Crippen LogP contribution in [0.5, 0.6) is 0 Å². The molecule has 1 aliphatic heterocycles. The summed E-state index contributed by atoms with van der Waals surface area (Å²) in [5, 5.41) is 20.0. The minimum absolute atomic E-state index is 0.148. The number of amides is 2. The van der Waals surface area contributed by atoms with Crippen molar-refractivity contribution < 1.29 is 14.7 Å². The number of rotatable bonds is 7. The molecule has 0 radical (unpaired) electrons. The molecule has 1 unspecified atom stereocenters. The third-order valence-corrected chi connectivity index (χ3v) is 6.51. The molecule has 1 saturated heterocycles. The third kappa shape index (κ3) is 5.35. The number of hydrogen-bond acceptors (Lipinski definition) is 5. The van der Waals surface area contributed by atoms with Gasteiger partial charge in [-0.25, -0.2) is 0 Å². The lowest BCUT2D eigenvalue weighted by Gasteiger charge is -2.30. The van der Waals surface area contributed by atoms with Gasteiger partial charge in [-0.05, 0) is 41.7 Å². The minimum Gasteiger partial charge on any atom is -0.395 e. The molecule has 2 heterocycles. The van der Waals surface area contributed by atoms with Gasteiger partial charge in [-0.3, -0.25) is 14.3 Å². The van der Waals surface area contributed by atoms with E-state index >= 15 is 0 Å². The van der Waals surface area contributed by atoms with Crippen molar-refractivity contribution in [2.24, 2.45) is 11.3 Å². The van der Waals surface area contributed by atoms with Gasteiger partial charge in [-0.2, -0.15) is 16.9 Å². The number of carbonyl (C=O) groups is 2. The minimum atomic E-state index is -0.740. The molecular formula is C22H32N4O3S. The number of carbonyl (C=O) groups excluding carboxylic acids is 2. The Morgan fingerprint density at radius 1 is 1.27 bits per heavy atom. The van der Waals surface area contributed by atoms with Crippen LogP contribution in [0.1, 0.15) is 44.1 Å². The van der Waals surface area contributed by atoms with Gasteiger partial charge in [0.15, 0.2) is 5.69 Å². The first-order valence-corrected chi connectivity index (χ1v) is 11.7. The monoisotopic (exact) mass is 432 g/mol. The van der Waals surface area contributed by atoms with E-state index in [1.807, 2.05) is 61.5 Å². The number of nitrogens with zero attached hydrogens (tertiary/aromatic N) is 2. The van der Waals surface area contributed by atoms with Crippen LogP contribution in [-0.4, -0.2) is 57.4 Å². The molecule has 164 valence electrons. The molecule has 30 heavy (non-hydrogen) atoms. The molecule has 1 aromatic heterocycles. The smallest absolute Gasteiger partial charge is 0.273 e. The Balaban J connectivity index is 1.85. The molecule has 3 N–H and O–H groups in total. The number of aromatic nitrogens is 2. The Labute approximate surface area is 182 Å². The second-order valence-electron chi connectivity index (χ2n) is 8.89. The van der Waals surface area contributed by atoms with E-state index in [9.17, 15) is 9.59 Å². The van der Waals surface area contributed by atoms with E-state index in [1.54, 1.807) is 0 Å². The predicted octanol–water partition coefficient (Wildman–Crippen LogP) is 2.43. The van der Waals surface area contributed by atoms with Crippen LogP contribution in [0.2, 0.25) is 0 Å². The van der Waals surface area contributed by atoms with Crippen molar-refractivity contribution in [1.82, 2.24) is 20.4 Å². The molecule has 2 aromatic rings. The molecule has 3 rings (SSSR count). The Morgan fingerprint density at radius 2 is 1.97 bits per heavy atom. The standard InChI is InChI=1S/C22H32N4O3S/c1-22(2,3)19(21(29)23-10-11-27)24-20(28)18-16-6-4-5-7-17(16)26(25-18)14-15-8-12-30-13-9-15/h4-7,15,19,27H,8-14H2,1-3H3,(H,23,29)(H,24,28). The second-order valence-corrected chi connectivity index (χ2v) is 10.1. The van der Waals surface area contributed by atoms with Gasteiger partial charge in [0, 0.05) is 18.5 Å². The number of hydrogen-bond donors (Lipinski definition) is 3. The summed E-state index contributed by atoms with van der Waals surface area (Å²) in [6.07, 6.45) is 2.33. The average molecular weight is 433 g/mol. The SMILES string of the molecule is CC(C)(C)C(NC(=O)c1nn(CC2CCSCC2)c2ccccc12)C(=O)NCCO. The number of benzene rings is 1. The van der Waals surface area contributed by atoms with Crippen molar-refractivity contribution in [3.63, 3.8) is 0 Å². The highest BCUT2D eigenvalue weighted by molar-refractivity contribution is 7.99. The zero-order chi connectivity index (χ0) is 21.7. The largest absolute Gasteiger partial charge is 0.395 e. The van der Waals surface area contributed by atoms with Gasteiger partial charge in [-0.1, -0.05) is 39.0 Å². The molecule has 1 aliphatic rings. The molecule has 2 amide bonds. The topological polar surface area (TPSA) is 96.2 Å². The maximum absolute atomic E-state index is 13.2. The molecular weight excluding hydrogens is 400 g/mol. The first-order valence-electron chi connectivity index (χ1n) is 10.5. The van der Waals surface area contributed by atoms with Crippen LogP contribution >= 0.6 is 11.8 Å². The zero-order valence-electron chi connectivity index (χ0n) is 18.0. The first-order chi connectivity index (χ1) is 14.3. The summed E-state index contributed by atoms with van der Waals surface area (Å²) in [4.78, 5) is 25.8. The fourth-order valence-electron chi connectivity index (χ4n) is 3.76. The van der Waals surface area contributed by atoms with Crippen LogP contribution in [0.4, 0.5) is 0 Å². The number of aliphatic hydroxyl groups excluding tert-OH is 1. The lowest BCUT2D eigenvalue weighted by atomic mass is 9.86. The van der Waals surface area contributed by atoms with Crippen molar-refractivity contribution in [2.75, 3.05) is 24.7 Å². The quantitative estimate of drug-likeness (QED) is 0.625. The fourth-order valence-corrected chi connectivity index (χ4v) is 4.97. The summed E-state index contributed by atoms with van der Waals surface area (Å²) in [6.45, 7) is 6.49. The van der Waals surface area contributed by atoms with Gasteiger partial charge in [0.1, 0.15) is 6.04 Å². The summed E-state index contributed by atoms with van der Waals surface area (Å²) in [5.74, 6) is 2.24. The Morgan fingerprint density at radius 3 is 2.63 bits per heavy atom. The van der Waals surface area contributed by atoms with Crippen molar-refractivity contribution in [1.29, 1.82) is 0 Å². The van der Waals surface area contributed by atoms with Crippen molar-refractivity contribution in [2.45, 2.75) is 46.2 Å².